The summed E-state index contributed by atoms with van der Waals surface area (Å²) in [6.07, 6.45) is 4.73. The van der Waals surface area contributed by atoms with Crippen LogP contribution in [-0.2, 0) is 11.8 Å². The van der Waals surface area contributed by atoms with Gasteiger partial charge in [-0.2, -0.15) is 10.4 Å². The van der Waals surface area contributed by atoms with Gasteiger partial charge in [-0.1, -0.05) is 30.8 Å². The normalized spacial score (nSPS) is 15.4. The predicted molar refractivity (Wildman–Crippen MR) is 176 cm³/mol. The topological polar surface area (TPSA) is 106 Å². The van der Waals surface area contributed by atoms with Crippen LogP contribution in [0.2, 0.25) is 0 Å². The van der Waals surface area contributed by atoms with Crippen molar-refractivity contribution in [2.45, 2.75) is 19.9 Å². The average molecular weight is 575 g/mol. The molecule has 9 heteroatoms. The average Bonchev–Trinajstić information content (AvgIpc) is 3.59. The quantitative estimate of drug-likeness (QED) is 0.233. The van der Waals surface area contributed by atoms with Gasteiger partial charge in [0.1, 0.15) is 17.4 Å². The largest absolute Gasteiger partial charge is 0.369 e. The summed E-state index contributed by atoms with van der Waals surface area (Å²) in [5.74, 6) is -0.266. The molecule has 1 aliphatic rings. The molecule has 3 aromatic heterocycles. The number of aryl methyl sites for hydroxylation is 2. The second kappa shape index (κ2) is 11.2. The van der Waals surface area contributed by atoms with Gasteiger partial charge in [0, 0.05) is 75.2 Å². The summed E-state index contributed by atoms with van der Waals surface area (Å²) in [5, 5.41) is 17.9. The van der Waals surface area contributed by atoms with E-state index in [4.69, 9.17) is 4.98 Å². The van der Waals surface area contributed by atoms with Gasteiger partial charge in [0.25, 0.3) is 0 Å². The molecule has 0 aliphatic carbocycles. The van der Waals surface area contributed by atoms with Crippen LogP contribution in [-0.4, -0.2) is 63.3 Å². The van der Waals surface area contributed by atoms with E-state index in [2.05, 4.69) is 88.2 Å². The highest BCUT2D eigenvalue weighted by Crippen LogP contribution is 2.41. The van der Waals surface area contributed by atoms with Crippen molar-refractivity contribution in [1.82, 2.24) is 24.6 Å². The number of carbonyl (C=O) groups excluding carboxylic acids is 1. The number of nitrogens with zero attached hydrogens (tertiary/aromatic N) is 6. The smallest absolute Gasteiger partial charge is 0.247 e. The molecule has 1 amide bonds. The number of aromatic nitrogens is 4. The number of hydrogen-bond donors (Lipinski definition) is 2. The highest BCUT2D eigenvalue weighted by Gasteiger charge is 2.22. The molecule has 1 fully saturated rings. The van der Waals surface area contributed by atoms with Gasteiger partial charge in [-0.25, -0.2) is 4.98 Å². The number of aromatic amines is 1. The van der Waals surface area contributed by atoms with E-state index >= 15 is 0 Å². The van der Waals surface area contributed by atoms with Gasteiger partial charge in [-0.05, 0) is 67.9 Å². The van der Waals surface area contributed by atoms with Crippen LogP contribution in [0.5, 0.6) is 0 Å². The fourth-order valence-electron chi connectivity index (χ4n) is 5.73. The molecule has 6 rings (SSSR count). The van der Waals surface area contributed by atoms with E-state index in [1.165, 1.54) is 11.8 Å². The number of nitriles is 1. The van der Waals surface area contributed by atoms with E-state index in [0.29, 0.717) is 17.4 Å². The first-order chi connectivity index (χ1) is 20.8. The third kappa shape index (κ3) is 5.17. The van der Waals surface area contributed by atoms with Crippen LogP contribution >= 0.6 is 0 Å². The van der Waals surface area contributed by atoms with Crippen molar-refractivity contribution in [3.05, 3.63) is 84.8 Å². The molecule has 0 unspecified atom stereocenters. The Bertz CT molecular complexity index is 1900. The summed E-state index contributed by atoms with van der Waals surface area (Å²) >= 11 is 0. The standard InChI is InChI=1S/C34H34N8O.2H2/c1-6-31(43)38-29-16-24(8-7-21(29)2)32-27-15-25(28-19-37-41(5)30(28)17-35)18-36-34(27)39-33(32)23-9-11-26(12-10-23)42-14-13-40(4)22(3)20-42;;/h6-12,15-16,18-19,22H,1,13-14,20H2,2-5H3,(H,36,39)(H,38,43);2*1H/t22-;;/m0../s1. The first kappa shape index (κ1) is 27.9. The first-order valence-electron chi connectivity index (χ1n) is 14.3. The number of fused-ring (bicyclic) bond motifs is 1. The molecule has 220 valence electrons. The molecule has 4 heterocycles. The second-order valence-electron chi connectivity index (χ2n) is 11.2. The Morgan fingerprint density at radius 1 is 1.12 bits per heavy atom. The van der Waals surface area contributed by atoms with Crippen LogP contribution in [0.1, 0.15) is 21.0 Å². The molecule has 0 spiro atoms. The Balaban J connectivity index is 0.00000230. The fraction of sp³-hybridized carbons (Fsp3) is 0.235. The highest BCUT2D eigenvalue weighted by atomic mass is 16.1. The number of pyridine rings is 1. The zero-order chi connectivity index (χ0) is 30.2. The molecule has 5 aromatic rings. The van der Waals surface area contributed by atoms with Gasteiger partial charge >= 0.3 is 0 Å². The monoisotopic (exact) mass is 574 g/mol. The highest BCUT2D eigenvalue weighted by molar-refractivity contribution is 6.05. The van der Waals surface area contributed by atoms with Gasteiger partial charge in [0.15, 0.2) is 0 Å². The minimum Gasteiger partial charge on any atom is -0.369 e. The lowest BCUT2D eigenvalue weighted by Gasteiger charge is -2.39. The molecule has 1 atom stereocenters. The lowest BCUT2D eigenvalue weighted by Crippen LogP contribution is -2.50. The molecule has 0 saturated carbocycles. The number of hydrogen-bond acceptors (Lipinski definition) is 6. The van der Waals surface area contributed by atoms with Crippen molar-refractivity contribution in [2.75, 3.05) is 36.9 Å². The number of likely N-dealkylation sites (N-methyl/N-ethyl adjacent to an activating group) is 1. The zero-order valence-corrected chi connectivity index (χ0v) is 24.8. The molecule has 1 aliphatic heterocycles. The summed E-state index contributed by atoms with van der Waals surface area (Å²) < 4.78 is 1.57. The van der Waals surface area contributed by atoms with Crippen molar-refractivity contribution >= 4 is 28.3 Å². The lowest BCUT2D eigenvalue weighted by atomic mass is 9.96. The van der Waals surface area contributed by atoms with Crippen molar-refractivity contribution in [1.29, 1.82) is 5.26 Å². The number of rotatable bonds is 6. The number of anilines is 2. The minimum atomic E-state index is -0.266. The maximum atomic E-state index is 12.2. The van der Waals surface area contributed by atoms with Crippen LogP contribution in [0.25, 0.3) is 44.5 Å². The Morgan fingerprint density at radius 3 is 2.60 bits per heavy atom. The van der Waals surface area contributed by atoms with Crippen molar-refractivity contribution in [2.24, 2.45) is 7.05 Å². The Labute approximate surface area is 254 Å². The van der Waals surface area contributed by atoms with Gasteiger partial charge in [-0.3, -0.25) is 9.48 Å². The van der Waals surface area contributed by atoms with Gasteiger partial charge < -0.3 is 20.1 Å². The maximum Gasteiger partial charge on any atom is 0.247 e. The molecule has 2 N–H and O–H groups in total. The summed E-state index contributed by atoms with van der Waals surface area (Å²) in [5.41, 5.74) is 9.42. The zero-order valence-electron chi connectivity index (χ0n) is 24.8. The number of H-pyrrole nitrogens is 1. The van der Waals surface area contributed by atoms with Crippen LogP contribution in [0, 0.1) is 18.3 Å². The fourth-order valence-corrected chi connectivity index (χ4v) is 5.73. The van der Waals surface area contributed by atoms with Gasteiger partial charge in [0.05, 0.1) is 11.9 Å². The Hall–Kier alpha value is -5.20. The van der Waals surface area contributed by atoms with E-state index in [9.17, 15) is 10.1 Å². The number of amides is 1. The maximum absolute atomic E-state index is 12.2. The van der Waals surface area contributed by atoms with Gasteiger partial charge in [-0.15, -0.1) is 0 Å². The lowest BCUT2D eigenvalue weighted by molar-refractivity contribution is -0.111. The SMILES string of the molecule is C=CC(=O)Nc1cc(-c2c(-c3ccc(N4CCN(C)[C@@H](C)C4)cc3)[nH]c3ncc(-c4cnn(C)c4C#N)cc23)ccc1C.[HH].[HH]. The number of piperazine rings is 1. The number of carbonyl (C=O) groups is 1. The van der Waals surface area contributed by atoms with Crippen molar-refractivity contribution < 1.29 is 7.65 Å². The molecule has 43 heavy (non-hydrogen) atoms. The Kier molecular flexibility index (Phi) is 7.30. The Morgan fingerprint density at radius 2 is 1.88 bits per heavy atom. The number of benzene rings is 2. The summed E-state index contributed by atoms with van der Waals surface area (Å²) in [6.45, 7) is 10.8. The number of nitrogens with one attached hydrogen (secondary N) is 2. The van der Waals surface area contributed by atoms with Crippen molar-refractivity contribution in [3.8, 4) is 39.6 Å². The van der Waals surface area contributed by atoms with Crippen LogP contribution in [0.15, 0.2) is 73.6 Å². The van der Waals surface area contributed by atoms with E-state index in [-0.39, 0.29) is 8.76 Å². The third-order valence-electron chi connectivity index (χ3n) is 8.46. The van der Waals surface area contributed by atoms with E-state index < -0.39 is 0 Å². The predicted octanol–water partition coefficient (Wildman–Crippen LogP) is 6.23. The van der Waals surface area contributed by atoms with E-state index in [1.54, 1.807) is 24.1 Å². The molecular formula is C34H38N8O. The first-order valence-corrected chi connectivity index (χ1v) is 14.3. The molecule has 2 aromatic carbocycles. The molecule has 1 saturated heterocycles. The molecular weight excluding hydrogens is 536 g/mol. The van der Waals surface area contributed by atoms with E-state index in [1.807, 2.05) is 19.1 Å². The van der Waals surface area contributed by atoms with E-state index in [0.717, 1.165) is 69.7 Å². The van der Waals surface area contributed by atoms with Crippen LogP contribution in [0.3, 0.4) is 0 Å². The second-order valence-corrected chi connectivity index (χ2v) is 11.2. The molecule has 0 radical (unpaired) electrons. The van der Waals surface area contributed by atoms with Crippen molar-refractivity contribution in [3.63, 3.8) is 0 Å². The summed E-state index contributed by atoms with van der Waals surface area (Å²) in [7, 11) is 3.93. The van der Waals surface area contributed by atoms with Gasteiger partial charge in [0.2, 0.25) is 5.91 Å². The molecule has 9 nitrogen and oxygen atoms in total. The molecule has 0 bridgehead atoms. The minimum absolute atomic E-state index is 0. The van der Waals surface area contributed by atoms with Crippen LogP contribution in [0.4, 0.5) is 11.4 Å². The van der Waals surface area contributed by atoms with Crippen LogP contribution < -0.4 is 10.2 Å². The summed E-state index contributed by atoms with van der Waals surface area (Å²) in [6, 6.07) is 19.5. The summed E-state index contributed by atoms with van der Waals surface area (Å²) in [4.78, 5) is 25.4. The third-order valence-corrected chi connectivity index (χ3v) is 8.46.